The average molecular weight is 275 g/mol. The Kier molecular flexibility index (Phi) is 4.63. The highest BCUT2D eigenvalue weighted by Crippen LogP contribution is 2.18. The van der Waals surface area contributed by atoms with Crippen LogP contribution >= 0.6 is 23.2 Å². The first-order valence-corrected chi connectivity index (χ1v) is 6.37. The molecule has 0 aliphatic carbocycles. The van der Waals surface area contributed by atoms with Gasteiger partial charge in [-0.15, -0.1) is 0 Å². The number of rotatable bonds is 3. The molecule has 2 heteroatoms. The quantitative estimate of drug-likeness (QED) is 0.628. The summed E-state index contributed by atoms with van der Waals surface area (Å²) in [5.41, 5.74) is 2.01. The minimum absolute atomic E-state index is 0.750. The van der Waals surface area contributed by atoms with Gasteiger partial charge < -0.3 is 0 Å². The molecule has 0 amide bonds. The molecular formula is C16H12Cl2. The maximum Gasteiger partial charge on any atom is 0.0478 e. The Balaban J connectivity index is 2.08. The summed E-state index contributed by atoms with van der Waals surface area (Å²) in [5, 5.41) is 1.50. The first-order chi connectivity index (χ1) is 8.77. The lowest BCUT2D eigenvalue weighted by atomic mass is 10.2. The van der Waals surface area contributed by atoms with Crippen LogP contribution in [0.25, 0.3) is 12.2 Å². The third kappa shape index (κ3) is 3.49. The van der Waals surface area contributed by atoms with E-state index < -0.39 is 0 Å². The molecule has 0 bridgehead atoms. The molecule has 0 N–H and O–H groups in total. The summed E-state index contributed by atoms with van der Waals surface area (Å²) in [4.78, 5) is 0. The van der Waals surface area contributed by atoms with E-state index in [1.165, 1.54) is 0 Å². The van der Waals surface area contributed by atoms with E-state index in [1.54, 1.807) is 0 Å². The summed E-state index contributed by atoms with van der Waals surface area (Å²) in [7, 11) is 0. The molecule has 0 fully saturated rings. The molecule has 0 aromatic heterocycles. The molecule has 0 aliphatic heterocycles. The fraction of sp³-hybridized carbons (Fsp3) is 0. The van der Waals surface area contributed by atoms with Gasteiger partial charge in [-0.1, -0.05) is 83.9 Å². The van der Waals surface area contributed by atoms with Crippen LogP contribution in [-0.2, 0) is 0 Å². The molecule has 2 aromatic rings. The van der Waals surface area contributed by atoms with Gasteiger partial charge in [0, 0.05) is 10.0 Å². The van der Waals surface area contributed by atoms with Crippen molar-refractivity contribution in [3.63, 3.8) is 0 Å². The predicted molar refractivity (Wildman–Crippen MR) is 81.0 cm³/mol. The topological polar surface area (TPSA) is 0 Å². The van der Waals surface area contributed by atoms with Crippen LogP contribution in [0.1, 0.15) is 11.1 Å². The largest absolute Gasteiger partial charge is 0.0837 e. The van der Waals surface area contributed by atoms with Gasteiger partial charge in [0.15, 0.2) is 0 Å². The van der Waals surface area contributed by atoms with E-state index in [0.717, 1.165) is 21.2 Å². The summed E-state index contributed by atoms with van der Waals surface area (Å²) >= 11 is 12.1. The molecule has 0 radical (unpaired) electrons. The van der Waals surface area contributed by atoms with Crippen LogP contribution in [0, 0.1) is 0 Å². The SMILES string of the molecule is Clc1ccccc1/C=C\C=C\c1ccccc1Cl. The summed E-state index contributed by atoms with van der Waals surface area (Å²) in [6.45, 7) is 0. The van der Waals surface area contributed by atoms with E-state index in [-0.39, 0.29) is 0 Å². The van der Waals surface area contributed by atoms with Gasteiger partial charge in [0.1, 0.15) is 0 Å². The van der Waals surface area contributed by atoms with Gasteiger partial charge in [-0.05, 0) is 23.3 Å². The van der Waals surface area contributed by atoms with Crippen molar-refractivity contribution in [2.45, 2.75) is 0 Å². The average Bonchev–Trinajstić information content (AvgIpc) is 2.38. The minimum atomic E-state index is 0.750. The summed E-state index contributed by atoms with van der Waals surface area (Å²) in [6, 6.07) is 15.5. The van der Waals surface area contributed by atoms with Gasteiger partial charge in [-0.3, -0.25) is 0 Å². The Bertz CT molecular complexity index is 530. The summed E-state index contributed by atoms with van der Waals surface area (Å²) < 4.78 is 0. The van der Waals surface area contributed by atoms with Crippen LogP contribution in [0.2, 0.25) is 10.0 Å². The number of halogens is 2. The summed E-state index contributed by atoms with van der Waals surface area (Å²) in [6.07, 6.45) is 7.83. The van der Waals surface area contributed by atoms with Crippen LogP contribution in [0.15, 0.2) is 60.7 Å². The van der Waals surface area contributed by atoms with Crippen LogP contribution in [0.3, 0.4) is 0 Å². The fourth-order valence-electron chi connectivity index (χ4n) is 1.54. The number of hydrogen-bond acceptors (Lipinski definition) is 0. The van der Waals surface area contributed by atoms with Crippen LogP contribution < -0.4 is 0 Å². The highest BCUT2D eigenvalue weighted by atomic mass is 35.5. The van der Waals surface area contributed by atoms with Crippen LogP contribution in [0.5, 0.6) is 0 Å². The Morgan fingerprint density at radius 3 is 1.39 bits per heavy atom. The molecule has 0 saturated carbocycles. The molecular weight excluding hydrogens is 263 g/mol. The van der Waals surface area contributed by atoms with E-state index in [4.69, 9.17) is 23.2 Å². The van der Waals surface area contributed by atoms with Gasteiger partial charge in [-0.25, -0.2) is 0 Å². The lowest BCUT2D eigenvalue weighted by Crippen LogP contribution is -1.73. The zero-order valence-electron chi connectivity index (χ0n) is 9.68. The molecule has 0 aliphatic rings. The van der Waals surface area contributed by atoms with Gasteiger partial charge in [-0.2, -0.15) is 0 Å². The Labute approximate surface area is 117 Å². The predicted octanol–water partition coefficient (Wildman–Crippen LogP) is 5.72. The van der Waals surface area contributed by atoms with Gasteiger partial charge in [0.05, 0.1) is 0 Å². The first kappa shape index (κ1) is 12.9. The fourth-order valence-corrected chi connectivity index (χ4v) is 1.94. The molecule has 0 nitrogen and oxygen atoms in total. The van der Waals surface area contributed by atoms with Crippen molar-refractivity contribution in [1.82, 2.24) is 0 Å². The van der Waals surface area contributed by atoms with E-state index in [9.17, 15) is 0 Å². The third-order valence-corrected chi connectivity index (χ3v) is 3.16. The maximum absolute atomic E-state index is 6.05. The minimum Gasteiger partial charge on any atom is -0.0837 e. The monoisotopic (exact) mass is 274 g/mol. The van der Waals surface area contributed by atoms with Gasteiger partial charge in [0.25, 0.3) is 0 Å². The second-order valence-electron chi connectivity index (χ2n) is 3.76. The van der Waals surface area contributed by atoms with E-state index >= 15 is 0 Å². The molecule has 0 heterocycles. The third-order valence-electron chi connectivity index (χ3n) is 2.47. The van der Waals surface area contributed by atoms with Crippen molar-refractivity contribution in [1.29, 1.82) is 0 Å². The van der Waals surface area contributed by atoms with Crippen molar-refractivity contribution in [3.8, 4) is 0 Å². The second-order valence-corrected chi connectivity index (χ2v) is 4.58. The molecule has 90 valence electrons. The first-order valence-electron chi connectivity index (χ1n) is 5.61. The Hall–Kier alpha value is -1.50. The van der Waals surface area contributed by atoms with Gasteiger partial charge >= 0.3 is 0 Å². The van der Waals surface area contributed by atoms with E-state index in [0.29, 0.717) is 0 Å². The second kappa shape index (κ2) is 6.44. The molecule has 18 heavy (non-hydrogen) atoms. The lowest BCUT2D eigenvalue weighted by Gasteiger charge is -1.96. The van der Waals surface area contributed by atoms with Crippen molar-refractivity contribution in [2.24, 2.45) is 0 Å². The van der Waals surface area contributed by atoms with E-state index in [1.807, 2.05) is 72.8 Å². The molecule has 0 unspecified atom stereocenters. The van der Waals surface area contributed by atoms with Crippen molar-refractivity contribution in [2.75, 3.05) is 0 Å². The number of hydrogen-bond donors (Lipinski definition) is 0. The van der Waals surface area contributed by atoms with Crippen molar-refractivity contribution < 1.29 is 0 Å². The van der Waals surface area contributed by atoms with E-state index in [2.05, 4.69) is 0 Å². The molecule has 2 rings (SSSR count). The normalized spacial score (nSPS) is 11.4. The standard InChI is InChI=1S/C16H12Cl2/c17-15-11-5-3-9-13(15)7-1-2-8-14-10-4-6-12-16(14)18/h1-12H/b7-1-,8-2+. The maximum atomic E-state index is 6.05. The molecule has 0 spiro atoms. The zero-order valence-corrected chi connectivity index (χ0v) is 11.2. The molecule has 0 saturated heterocycles. The lowest BCUT2D eigenvalue weighted by molar-refractivity contribution is 1.65. The highest BCUT2D eigenvalue weighted by Gasteiger charge is 1.93. The smallest absolute Gasteiger partial charge is 0.0478 e. The van der Waals surface area contributed by atoms with Crippen molar-refractivity contribution in [3.05, 3.63) is 81.9 Å². The van der Waals surface area contributed by atoms with Gasteiger partial charge in [0.2, 0.25) is 0 Å². The molecule has 0 atom stereocenters. The zero-order chi connectivity index (χ0) is 12.8. The van der Waals surface area contributed by atoms with Crippen LogP contribution in [0.4, 0.5) is 0 Å². The van der Waals surface area contributed by atoms with Crippen LogP contribution in [-0.4, -0.2) is 0 Å². The highest BCUT2D eigenvalue weighted by molar-refractivity contribution is 6.32. The Morgan fingerprint density at radius 1 is 0.611 bits per heavy atom. The molecule has 2 aromatic carbocycles. The summed E-state index contributed by atoms with van der Waals surface area (Å²) in [5.74, 6) is 0. The Morgan fingerprint density at radius 2 is 1.00 bits per heavy atom. The number of benzene rings is 2. The number of allylic oxidation sites excluding steroid dienone is 2. The van der Waals surface area contributed by atoms with Crippen molar-refractivity contribution >= 4 is 35.4 Å².